The first-order valence-corrected chi connectivity index (χ1v) is 8.79. The van der Waals surface area contributed by atoms with Crippen LogP contribution in [0.15, 0.2) is 23.3 Å². The minimum Gasteiger partial charge on any atom is -0.469 e. The second-order valence-corrected chi connectivity index (χ2v) is 6.34. The maximum absolute atomic E-state index is 11.7. The first-order chi connectivity index (χ1) is 12.1. The Morgan fingerprint density at radius 3 is 2.69 bits per heavy atom. The highest BCUT2D eigenvalue weighted by molar-refractivity contribution is 14.0. The molecule has 1 aliphatic rings. The van der Waals surface area contributed by atoms with E-state index in [1.165, 1.54) is 7.11 Å². The van der Waals surface area contributed by atoms with Crippen LogP contribution >= 0.6 is 24.0 Å². The molecule has 2 rings (SSSR count). The van der Waals surface area contributed by atoms with Gasteiger partial charge in [0.2, 0.25) is 0 Å². The van der Waals surface area contributed by atoms with Crippen LogP contribution in [0.1, 0.15) is 25.3 Å². The topological polar surface area (TPSA) is 70.1 Å². The Labute approximate surface area is 173 Å². The van der Waals surface area contributed by atoms with Gasteiger partial charge in [0.15, 0.2) is 5.96 Å². The molecule has 146 valence electrons. The quantitative estimate of drug-likeness (QED) is 0.305. The lowest BCUT2D eigenvalue weighted by atomic mass is 9.97. The van der Waals surface area contributed by atoms with Gasteiger partial charge in [-0.1, -0.05) is 6.07 Å². The Morgan fingerprint density at radius 1 is 1.42 bits per heavy atom. The van der Waals surface area contributed by atoms with Crippen LogP contribution in [0.4, 0.5) is 5.82 Å². The fourth-order valence-electron chi connectivity index (χ4n) is 3.04. The molecule has 0 radical (unpaired) electrons. The SMILES string of the molecule is CCNC(=NCc1cccnc1N(C)C)N1CCC(C(=O)OC)CC1.I. The van der Waals surface area contributed by atoms with E-state index >= 15 is 0 Å². The molecule has 0 aromatic carbocycles. The van der Waals surface area contributed by atoms with Crippen LogP contribution in [0, 0.1) is 5.92 Å². The van der Waals surface area contributed by atoms with Crippen LogP contribution in [0.5, 0.6) is 0 Å². The number of piperidine rings is 1. The zero-order chi connectivity index (χ0) is 18.2. The van der Waals surface area contributed by atoms with Gasteiger partial charge < -0.3 is 19.9 Å². The molecule has 0 spiro atoms. The Balaban J connectivity index is 0.00000338. The molecule has 1 saturated heterocycles. The molecule has 1 aliphatic heterocycles. The summed E-state index contributed by atoms with van der Waals surface area (Å²) in [4.78, 5) is 25.1. The molecular weight excluding hydrogens is 445 g/mol. The number of halogens is 1. The third kappa shape index (κ3) is 6.00. The zero-order valence-corrected chi connectivity index (χ0v) is 18.4. The van der Waals surface area contributed by atoms with Gasteiger partial charge in [-0.05, 0) is 25.8 Å². The largest absolute Gasteiger partial charge is 0.469 e. The number of hydrogen-bond acceptors (Lipinski definition) is 5. The van der Waals surface area contributed by atoms with Crippen molar-refractivity contribution in [2.24, 2.45) is 10.9 Å². The van der Waals surface area contributed by atoms with E-state index < -0.39 is 0 Å². The fraction of sp³-hybridized carbons (Fsp3) is 0.611. The average Bonchev–Trinajstić information content (AvgIpc) is 2.64. The van der Waals surface area contributed by atoms with Gasteiger partial charge in [0.05, 0.1) is 19.6 Å². The second-order valence-electron chi connectivity index (χ2n) is 6.34. The Bertz CT molecular complexity index is 601. The van der Waals surface area contributed by atoms with Crippen molar-refractivity contribution in [3.8, 4) is 0 Å². The summed E-state index contributed by atoms with van der Waals surface area (Å²) in [6.45, 7) is 5.05. The number of anilines is 1. The Kier molecular flexibility index (Phi) is 9.68. The molecular formula is C18H30IN5O2. The maximum atomic E-state index is 11.7. The molecule has 0 amide bonds. The summed E-state index contributed by atoms with van der Waals surface area (Å²) in [6.07, 6.45) is 3.39. The summed E-state index contributed by atoms with van der Waals surface area (Å²) < 4.78 is 4.86. The van der Waals surface area contributed by atoms with Crippen molar-refractivity contribution < 1.29 is 9.53 Å². The molecule has 0 bridgehead atoms. The molecule has 0 saturated carbocycles. The molecule has 0 atom stereocenters. The number of aliphatic imine (C=N–C) groups is 1. The van der Waals surface area contributed by atoms with Gasteiger partial charge in [-0.3, -0.25) is 4.79 Å². The maximum Gasteiger partial charge on any atom is 0.308 e. The summed E-state index contributed by atoms with van der Waals surface area (Å²) in [5, 5.41) is 3.36. The standard InChI is InChI=1S/C18H29N5O2.HI/c1-5-19-18(23-11-8-14(9-12-23)17(24)25-4)21-13-15-7-6-10-20-16(15)22(2)3;/h6-7,10,14H,5,8-9,11-13H2,1-4H3,(H,19,21);1H. The normalized spacial score (nSPS) is 15.2. The molecule has 1 aromatic heterocycles. The highest BCUT2D eigenvalue weighted by atomic mass is 127. The number of pyridine rings is 1. The van der Waals surface area contributed by atoms with Crippen LogP contribution in [0.2, 0.25) is 0 Å². The average molecular weight is 475 g/mol. The number of aromatic nitrogens is 1. The van der Waals surface area contributed by atoms with Crippen molar-refractivity contribution in [2.75, 3.05) is 45.7 Å². The van der Waals surface area contributed by atoms with E-state index in [0.29, 0.717) is 6.54 Å². The molecule has 8 heteroatoms. The van der Waals surface area contributed by atoms with Crippen LogP contribution in [-0.4, -0.2) is 62.7 Å². The van der Waals surface area contributed by atoms with E-state index in [1.54, 1.807) is 6.20 Å². The predicted molar refractivity (Wildman–Crippen MR) is 115 cm³/mol. The Hall–Kier alpha value is -1.58. The summed E-state index contributed by atoms with van der Waals surface area (Å²) in [5.41, 5.74) is 1.09. The third-order valence-electron chi connectivity index (χ3n) is 4.35. The van der Waals surface area contributed by atoms with E-state index in [-0.39, 0.29) is 35.9 Å². The number of guanidine groups is 1. The number of methoxy groups -OCH3 is 1. The summed E-state index contributed by atoms with van der Waals surface area (Å²) in [6, 6.07) is 3.99. The monoisotopic (exact) mass is 475 g/mol. The molecule has 2 heterocycles. The lowest BCUT2D eigenvalue weighted by Gasteiger charge is -2.33. The van der Waals surface area contributed by atoms with Crippen molar-refractivity contribution in [1.82, 2.24) is 15.2 Å². The van der Waals surface area contributed by atoms with Gasteiger partial charge in [-0.25, -0.2) is 9.98 Å². The van der Waals surface area contributed by atoms with Gasteiger partial charge in [0.25, 0.3) is 0 Å². The minimum atomic E-state index is -0.104. The molecule has 26 heavy (non-hydrogen) atoms. The number of likely N-dealkylation sites (tertiary alicyclic amines) is 1. The van der Waals surface area contributed by atoms with Gasteiger partial charge in [-0.2, -0.15) is 0 Å². The summed E-state index contributed by atoms with van der Waals surface area (Å²) >= 11 is 0. The lowest BCUT2D eigenvalue weighted by molar-refractivity contribution is -0.146. The summed E-state index contributed by atoms with van der Waals surface area (Å²) in [7, 11) is 5.42. The first kappa shape index (κ1) is 22.5. The van der Waals surface area contributed by atoms with Gasteiger partial charge in [0.1, 0.15) is 5.82 Å². The number of esters is 1. The predicted octanol–water partition coefficient (Wildman–Crippen LogP) is 2.12. The van der Waals surface area contributed by atoms with Gasteiger partial charge >= 0.3 is 5.97 Å². The zero-order valence-electron chi connectivity index (χ0n) is 16.1. The van der Waals surface area contributed by atoms with Crippen LogP contribution < -0.4 is 10.2 Å². The van der Waals surface area contributed by atoms with Crippen molar-refractivity contribution >= 4 is 41.7 Å². The minimum absolute atomic E-state index is 0. The van der Waals surface area contributed by atoms with Crippen molar-refractivity contribution in [1.29, 1.82) is 0 Å². The van der Waals surface area contributed by atoms with Crippen molar-refractivity contribution in [3.05, 3.63) is 23.9 Å². The number of hydrogen-bond donors (Lipinski definition) is 1. The van der Waals surface area contributed by atoms with E-state index in [9.17, 15) is 4.79 Å². The highest BCUT2D eigenvalue weighted by Crippen LogP contribution is 2.19. The second kappa shape index (κ2) is 11.2. The van der Waals surface area contributed by atoms with Crippen molar-refractivity contribution in [2.45, 2.75) is 26.3 Å². The first-order valence-electron chi connectivity index (χ1n) is 8.79. The van der Waals surface area contributed by atoms with Crippen molar-refractivity contribution in [3.63, 3.8) is 0 Å². The van der Waals surface area contributed by atoms with E-state index in [4.69, 9.17) is 9.73 Å². The van der Waals surface area contributed by atoms with Crippen LogP contribution in [0.25, 0.3) is 0 Å². The van der Waals surface area contributed by atoms with Crippen LogP contribution in [-0.2, 0) is 16.1 Å². The number of nitrogens with one attached hydrogen (secondary N) is 1. The summed E-state index contributed by atoms with van der Waals surface area (Å²) in [5.74, 6) is 1.72. The molecule has 1 fully saturated rings. The molecule has 0 aliphatic carbocycles. The third-order valence-corrected chi connectivity index (χ3v) is 4.35. The molecule has 1 N–H and O–H groups in total. The van der Waals surface area contributed by atoms with E-state index in [0.717, 1.165) is 49.8 Å². The Morgan fingerprint density at radius 2 is 2.12 bits per heavy atom. The van der Waals surface area contributed by atoms with Gasteiger partial charge in [-0.15, -0.1) is 24.0 Å². The number of rotatable bonds is 5. The van der Waals surface area contributed by atoms with Gasteiger partial charge in [0, 0.05) is 45.5 Å². The smallest absolute Gasteiger partial charge is 0.308 e. The van der Waals surface area contributed by atoms with E-state index in [1.807, 2.05) is 25.1 Å². The lowest BCUT2D eigenvalue weighted by Crippen LogP contribution is -2.46. The number of carbonyl (C=O) groups is 1. The number of ether oxygens (including phenoxy) is 1. The molecule has 0 unspecified atom stereocenters. The molecule has 7 nitrogen and oxygen atoms in total. The van der Waals surface area contributed by atoms with E-state index in [2.05, 4.69) is 28.2 Å². The number of carbonyl (C=O) groups excluding carboxylic acids is 1. The molecule has 1 aromatic rings. The number of nitrogens with zero attached hydrogens (tertiary/aromatic N) is 4. The highest BCUT2D eigenvalue weighted by Gasteiger charge is 2.26. The fourth-order valence-corrected chi connectivity index (χ4v) is 3.04. The van der Waals surface area contributed by atoms with Crippen LogP contribution in [0.3, 0.4) is 0 Å².